The summed E-state index contributed by atoms with van der Waals surface area (Å²) >= 11 is 3.38. The Bertz CT molecular complexity index is 445. The highest BCUT2D eigenvalue weighted by Crippen LogP contribution is 2.30. The van der Waals surface area contributed by atoms with Gasteiger partial charge in [0.15, 0.2) is 12.1 Å². The minimum Gasteiger partial charge on any atom is -0.486 e. The van der Waals surface area contributed by atoms with Gasteiger partial charge in [-0.1, -0.05) is 15.9 Å². The van der Waals surface area contributed by atoms with Crippen molar-refractivity contribution in [2.24, 2.45) is 0 Å². The Morgan fingerprint density at radius 2 is 2.12 bits per heavy atom. The Balaban J connectivity index is 2.50. The Hall–Kier alpha value is -0.870. The maximum atomic E-state index is 12.4. The molecule has 1 aromatic carbocycles. The second-order valence-corrected chi connectivity index (χ2v) is 5.51. The van der Waals surface area contributed by atoms with Crippen LogP contribution in [0.5, 0.6) is 5.75 Å². The first-order valence-electron chi connectivity index (χ1n) is 5.23. The summed E-state index contributed by atoms with van der Waals surface area (Å²) in [5.41, 5.74) is 0.178. The zero-order chi connectivity index (χ0) is 11.9. The summed E-state index contributed by atoms with van der Waals surface area (Å²) in [6.45, 7) is 2.37. The molecule has 4 heteroatoms. The average Bonchev–Trinajstić information content (AvgIpc) is 2.24. The van der Waals surface area contributed by atoms with Crippen LogP contribution in [-0.2, 0) is 0 Å². The van der Waals surface area contributed by atoms with Crippen molar-refractivity contribution in [1.82, 2.24) is 0 Å². The normalized spacial score (nSPS) is 24.2. The lowest BCUT2D eigenvalue weighted by Crippen LogP contribution is -3.17. The maximum Gasteiger partial charge on any atom is 0.230 e. The van der Waals surface area contributed by atoms with Crippen molar-refractivity contribution < 1.29 is 14.4 Å². The molecule has 0 spiro atoms. The Kier molecular flexibility index (Phi) is 2.80. The number of likely N-dealkylation sites (N-methyl/N-ethyl adjacent to an activating group) is 1. The average molecular weight is 285 g/mol. The highest BCUT2D eigenvalue weighted by Gasteiger charge is 2.45. The van der Waals surface area contributed by atoms with E-state index < -0.39 is 5.54 Å². The van der Waals surface area contributed by atoms with E-state index in [1.54, 1.807) is 0 Å². The second kappa shape index (κ2) is 3.86. The van der Waals surface area contributed by atoms with Crippen LogP contribution in [0.2, 0.25) is 0 Å². The summed E-state index contributed by atoms with van der Waals surface area (Å²) in [7, 11) is 3.95. The zero-order valence-electron chi connectivity index (χ0n) is 9.63. The standard InChI is InChI=1S/C12H14BrNO2/c1-12(14(2)3)7-16-10-5-4-8(13)6-9(10)11(12)15/h4-6H,7H2,1-3H3/p+1. The number of carbonyl (C=O) groups is 1. The van der Waals surface area contributed by atoms with Crippen molar-refractivity contribution in [3.8, 4) is 5.75 Å². The molecule has 1 heterocycles. The van der Waals surface area contributed by atoms with E-state index in [1.165, 1.54) is 0 Å². The van der Waals surface area contributed by atoms with Gasteiger partial charge in [-0.15, -0.1) is 0 Å². The molecule has 0 aromatic heterocycles. The van der Waals surface area contributed by atoms with Crippen molar-refractivity contribution >= 4 is 21.7 Å². The summed E-state index contributed by atoms with van der Waals surface area (Å²) < 4.78 is 6.57. The van der Waals surface area contributed by atoms with Crippen molar-refractivity contribution in [2.45, 2.75) is 12.5 Å². The summed E-state index contributed by atoms with van der Waals surface area (Å²) in [5.74, 6) is 0.835. The molecular weight excluding hydrogens is 270 g/mol. The Morgan fingerprint density at radius 1 is 1.44 bits per heavy atom. The highest BCUT2D eigenvalue weighted by atomic mass is 79.9. The highest BCUT2D eigenvalue weighted by molar-refractivity contribution is 9.10. The molecule has 2 rings (SSSR count). The largest absolute Gasteiger partial charge is 0.486 e. The van der Waals surface area contributed by atoms with Crippen LogP contribution in [0, 0.1) is 0 Å². The lowest BCUT2D eigenvalue weighted by atomic mass is 9.88. The van der Waals surface area contributed by atoms with Crippen LogP contribution < -0.4 is 9.64 Å². The monoisotopic (exact) mass is 284 g/mol. The third-order valence-corrected chi connectivity index (χ3v) is 3.80. The number of ketones is 1. The van der Waals surface area contributed by atoms with Crippen LogP contribution in [0.3, 0.4) is 0 Å². The van der Waals surface area contributed by atoms with Crippen molar-refractivity contribution in [3.05, 3.63) is 28.2 Å². The smallest absolute Gasteiger partial charge is 0.230 e. The first-order chi connectivity index (χ1) is 7.45. The lowest BCUT2D eigenvalue weighted by molar-refractivity contribution is -0.901. The molecule has 86 valence electrons. The quantitative estimate of drug-likeness (QED) is 0.832. The van der Waals surface area contributed by atoms with E-state index in [2.05, 4.69) is 15.9 Å². The molecule has 1 aliphatic rings. The van der Waals surface area contributed by atoms with E-state index in [-0.39, 0.29) is 5.78 Å². The van der Waals surface area contributed by atoms with E-state index in [4.69, 9.17) is 4.74 Å². The molecule has 3 nitrogen and oxygen atoms in total. The van der Waals surface area contributed by atoms with Crippen molar-refractivity contribution in [3.63, 3.8) is 0 Å². The first kappa shape index (κ1) is 11.6. The molecule has 0 bridgehead atoms. The molecule has 1 aromatic rings. The molecule has 0 saturated carbocycles. The number of Topliss-reactive ketones (excluding diaryl/α,β-unsaturated/α-hetero) is 1. The molecule has 1 aliphatic heterocycles. The number of nitrogens with one attached hydrogen (secondary N) is 1. The fourth-order valence-corrected chi connectivity index (χ4v) is 2.12. The van der Waals surface area contributed by atoms with Gasteiger partial charge in [0.05, 0.1) is 19.7 Å². The molecule has 0 amide bonds. The second-order valence-electron chi connectivity index (χ2n) is 4.59. The first-order valence-corrected chi connectivity index (χ1v) is 6.02. The predicted octanol–water partition coefficient (Wildman–Crippen LogP) is 0.927. The molecular formula is C12H15BrNO2+. The maximum absolute atomic E-state index is 12.4. The molecule has 0 radical (unpaired) electrons. The number of fused-ring (bicyclic) bond motifs is 1. The van der Waals surface area contributed by atoms with Gasteiger partial charge in [-0.2, -0.15) is 0 Å². The molecule has 16 heavy (non-hydrogen) atoms. The van der Waals surface area contributed by atoms with Crippen molar-refractivity contribution in [2.75, 3.05) is 20.7 Å². The molecule has 1 atom stereocenters. The topological polar surface area (TPSA) is 30.7 Å². The van der Waals surface area contributed by atoms with E-state index in [0.29, 0.717) is 17.9 Å². The van der Waals surface area contributed by atoms with Crippen molar-refractivity contribution in [1.29, 1.82) is 0 Å². The predicted molar refractivity (Wildman–Crippen MR) is 65.2 cm³/mol. The number of halogens is 1. The van der Waals surface area contributed by atoms with Crippen LogP contribution in [0.1, 0.15) is 17.3 Å². The molecule has 1 unspecified atom stereocenters. The Morgan fingerprint density at radius 3 is 2.75 bits per heavy atom. The SMILES string of the molecule is C[NH+](C)C1(C)COc2ccc(Br)cc2C1=O. The number of hydrogen-bond acceptors (Lipinski definition) is 2. The van der Waals surface area contributed by atoms with Gasteiger partial charge in [0.25, 0.3) is 0 Å². The van der Waals surface area contributed by atoms with Gasteiger partial charge in [0.1, 0.15) is 5.75 Å². The van der Waals surface area contributed by atoms with Crippen LogP contribution in [0.15, 0.2) is 22.7 Å². The summed E-state index contributed by atoms with van der Waals surface area (Å²) in [6.07, 6.45) is 0. The van der Waals surface area contributed by atoms with Gasteiger partial charge in [0.2, 0.25) is 5.78 Å². The van der Waals surface area contributed by atoms with E-state index >= 15 is 0 Å². The summed E-state index contributed by atoms with van der Waals surface area (Å²) in [6, 6.07) is 5.55. The molecule has 1 N–H and O–H groups in total. The number of rotatable bonds is 1. The lowest BCUT2D eigenvalue weighted by Gasteiger charge is -2.35. The minimum absolute atomic E-state index is 0.148. The summed E-state index contributed by atoms with van der Waals surface area (Å²) in [4.78, 5) is 13.5. The van der Waals surface area contributed by atoms with E-state index in [1.807, 2.05) is 39.2 Å². The molecule has 0 aliphatic carbocycles. The van der Waals surface area contributed by atoms with Gasteiger partial charge >= 0.3 is 0 Å². The molecule has 0 fully saturated rings. The number of ether oxygens (including phenoxy) is 1. The summed E-state index contributed by atoms with van der Waals surface area (Å²) in [5, 5.41) is 0. The van der Waals surface area contributed by atoms with E-state index in [9.17, 15) is 4.79 Å². The number of hydrogen-bond donors (Lipinski definition) is 1. The van der Waals surface area contributed by atoms with Gasteiger partial charge in [0, 0.05) is 11.4 Å². The zero-order valence-corrected chi connectivity index (χ0v) is 11.2. The van der Waals surface area contributed by atoms with Gasteiger partial charge in [-0.05, 0) is 18.2 Å². The van der Waals surface area contributed by atoms with Crippen LogP contribution >= 0.6 is 15.9 Å². The van der Waals surface area contributed by atoms with Crippen LogP contribution in [-0.4, -0.2) is 32.0 Å². The number of carbonyl (C=O) groups excluding carboxylic acids is 1. The van der Waals surface area contributed by atoms with Crippen LogP contribution in [0.4, 0.5) is 0 Å². The number of benzene rings is 1. The van der Waals surface area contributed by atoms with Gasteiger partial charge in [-0.3, -0.25) is 4.79 Å². The van der Waals surface area contributed by atoms with Gasteiger partial charge in [-0.25, -0.2) is 0 Å². The fourth-order valence-electron chi connectivity index (χ4n) is 1.76. The van der Waals surface area contributed by atoms with Gasteiger partial charge < -0.3 is 9.64 Å². The minimum atomic E-state index is -0.492. The Labute approximate surface area is 104 Å². The third kappa shape index (κ3) is 1.66. The van der Waals surface area contributed by atoms with E-state index in [0.717, 1.165) is 9.37 Å². The number of quaternary nitrogens is 1. The van der Waals surface area contributed by atoms with Crippen LogP contribution in [0.25, 0.3) is 0 Å². The molecule has 0 saturated heterocycles. The fraction of sp³-hybridized carbons (Fsp3) is 0.417. The third-order valence-electron chi connectivity index (χ3n) is 3.31.